The second kappa shape index (κ2) is 8.63. The summed E-state index contributed by atoms with van der Waals surface area (Å²) in [5.74, 6) is 0.975. The number of rotatable bonds is 7. The molecule has 3 rings (SSSR count). The Hall–Kier alpha value is -2.90. The first-order chi connectivity index (χ1) is 13.8. The average Bonchev–Trinajstić information content (AvgIpc) is 2.69. The van der Waals surface area contributed by atoms with Crippen LogP contribution in [-0.4, -0.2) is 30.4 Å². The van der Waals surface area contributed by atoms with Crippen LogP contribution in [0.2, 0.25) is 0 Å². The molecular weight excluding hydrogens is 409 g/mol. The summed E-state index contributed by atoms with van der Waals surface area (Å²) in [7, 11) is -0.901. The Bertz CT molecular complexity index is 1100. The van der Waals surface area contributed by atoms with Gasteiger partial charge >= 0.3 is 0 Å². The Kier molecular flexibility index (Phi) is 6.20. The lowest BCUT2D eigenvalue weighted by Gasteiger charge is -2.15. The highest BCUT2D eigenvalue weighted by Gasteiger charge is 2.16. The van der Waals surface area contributed by atoms with E-state index < -0.39 is 7.14 Å². The van der Waals surface area contributed by atoms with Gasteiger partial charge < -0.3 is 19.9 Å². The number of benzene rings is 2. The van der Waals surface area contributed by atoms with Gasteiger partial charge in [-0.25, -0.2) is 4.98 Å². The molecule has 0 saturated heterocycles. The van der Waals surface area contributed by atoms with Crippen LogP contribution in [0.15, 0.2) is 58.7 Å². The van der Waals surface area contributed by atoms with Crippen LogP contribution in [0.1, 0.15) is 0 Å². The molecule has 2 aromatic carbocycles. The van der Waals surface area contributed by atoms with Crippen LogP contribution >= 0.6 is 19.8 Å². The first-order valence-corrected chi connectivity index (χ1v) is 11.6. The van der Waals surface area contributed by atoms with Gasteiger partial charge in [-0.1, -0.05) is 12.1 Å². The van der Waals surface area contributed by atoms with Crippen molar-refractivity contribution in [2.45, 2.75) is 4.90 Å². The maximum atomic E-state index is 12.3. The maximum Gasteiger partial charge on any atom is 0.229 e. The summed E-state index contributed by atoms with van der Waals surface area (Å²) in [5, 5.41) is 9.77. The Morgan fingerprint density at radius 2 is 1.86 bits per heavy atom. The molecule has 0 aliphatic heterocycles. The maximum absolute atomic E-state index is 12.3. The number of hydrogen-bond donors (Lipinski definition) is 3. The summed E-state index contributed by atoms with van der Waals surface area (Å²) in [4.78, 5) is 20.3. The van der Waals surface area contributed by atoms with Crippen molar-refractivity contribution in [1.82, 2.24) is 9.97 Å². The molecular formula is C19H20N5O3PS. The minimum Gasteiger partial charge on any atom is -0.495 e. The van der Waals surface area contributed by atoms with E-state index in [9.17, 15) is 9.47 Å². The predicted octanol–water partition coefficient (Wildman–Crippen LogP) is 4.91. The number of methoxy groups -OCH3 is 1. The van der Waals surface area contributed by atoms with Gasteiger partial charge in [0.2, 0.25) is 5.95 Å². The molecule has 0 radical (unpaired) electrons. The molecule has 0 atom stereocenters. The Labute approximate surface area is 173 Å². The second-order valence-corrected chi connectivity index (χ2v) is 10.2. The van der Waals surface area contributed by atoms with E-state index in [-0.39, 0.29) is 17.5 Å². The second-order valence-electron chi connectivity index (χ2n) is 6.52. The smallest absolute Gasteiger partial charge is 0.229 e. The number of nitrogens with zero attached hydrogens (tertiary/aromatic N) is 3. The van der Waals surface area contributed by atoms with Crippen molar-refractivity contribution in [3.63, 3.8) is 0 Å². The van der Waals surface area contributed by atoms with E-state index in [1.54, 1.807) is 31.5 Å². The van der Waals surface area contributed by atoms with Crippen molar-refractivity contribution in [2.75, 3.05) is 31.1 Å². The fourth-order valence-corrected chi connectivity index (χ4v) is 3.62. The molecule has 0 bridgehead atoms. The minimum absolute atomic E-state index is 0.0624. The highest BCUT2D eigenvalue weighted by Crippen LogP contribution is 2.38. The van der Waals surface area contributed by atoms with Crippen LogP contribution in [0.3, 0.4) is 0 Å². The number of nitroso groups, excluding NO2 is 1. The van der Waals surface area contributed by atoms with E-state index in [1.165, 1.54) is 13.3 Å². The standard InChI is InChI=1S/C19H20N5O3PS/c1-27-16-10-12(28(2,3)26)8-9-13(16)22-19-20-11-15(24-25)18(23-19)21-14-6-4-5-7-17(14)29/h4-11,29H,1-3H3,(H2,20,21,22,23). The number of para-hydroxylation sites is 1. The van der Waals surface area contributed by atoms with Crippen molar-refractivity contribution in [3.05, 3.63) is 53.6 Å². The van der Waals surface area contributed by atoms with E-state index in [0.717, 1.165) is 0 Å². The molecule has 8 nitrogen and oxygen atoms in total. The highest BCUT2D eigenvalue weighted by atomic mass is 32.1. The first kappa shape index (κ1) is 20.8. The zero-order valence-corrected chi connectivity index (χ0v) is 17.9. The molecule has 2 N–H and O–H groups in total. The molecule has 10 heteroatoms. The topological polar surface area (TPSA) is 106 Å². The molecule has 0 saturated carbocycles. The van der Waals surface area contributed by atoms with Crippen molar-refractivity contribution in [1.29, 1.82) is 0 Å². The van der Waals surface area contributed by atoms with Crippen LogP contribution < -0.4 is 20.7 Å². The lowest BCUT2D eigenvalue weighted by Crippen LogP contribution is -2.07. The van der Waals surface area contributed by atoms with E-state index in [4.69, 9.17) is 4.74 Å². The summed E-state index contributed by atoms with van der Waals surface area (Å²) in [5.41, 5.74) is 1.33. The van der Waals surface area contributed by atoms with E-state index in [1.807, 2.05) is 24.3 Å². The molecule has 0 spiro atoms. The molecule has 29 heavy (non-hydrogen) atoms. The van der Waals surface area contributed by atoms with Gasteiger partial charge in [0.25, 0.3) is 0 Å². The summed E-state index contributed by atoms with van der Waals surface area (Å²) in [6, 6.07) is 12.5. The summed E-state index contributed by atoms with van der Waals surface area (Å²) in [6.45, 7) is 3.39. The predicted molar refractivity (Wildman–Crippen MR) is 120 cm³/mol. The van der Waals surface area contributed by atoms with Crippen LogP contribution in [0.4, 0.5) is 28.8 Å². The zero-order valence-electron chi connectivity index (χ0n) is 16.1. The van der Waals surface area contributed by atoms with Gasteiger partial charge in [-0.15, -0.1) is 17.5 Å². The normalized spacial score (nSPS) is 11.0. The number of anilines is 4. The monoisotopic (exact) mass is 429 g/mol. The fraction of sp³-hybridized carbons (Fsp3) is 0.158. The van der Waals surface area contributed by atoms with Gasteiger partial charge in [0.05, 0.1) is 24.7 Å². The van der Waals surface area contributed by atoms with Gasteiger partial charge in [-0.3, -0.25) is 0 Å². The zero-order chi connectivity index (χ0) is 21.0. The molecule has 3 aromatic rings. The third kappa shape index (κ3) is 4.93. The molecule has 0 amide bonds. The number of nitrogens with one attached hydrogen (secondary N) is 2. The molecule has 0 unspecified atom stereocenters. The van der Waals surface area contributed by atoms with Crippen LogP contribution in [0, 0.1) is 4.91 Å². The lowest BCUT2D eigenvalue weighted by atomic mass is 10.3. The molecule has 1 heterocycles. The third-order valence-electron chi connectivity index (χ3n) is 4.08. The van der Waals surface area contributed by atoms with Crippen LogP contribution in [0.5, 0.6) is 5.75 Å². The SMILES string of the molecule is COc1cc(P(C)(C)=O)ccc1Nc1ncc(N=O)c(Nc2ccccc2S)n1. The fourth-order valence-electron chi connectivity index (χ4n) is 2.54. The quantitative estimate of drug-likeness (QED) is 0.278. The highest BCUT2D eigenvalue weighted by molar-refractivity contribution is 7.80. The largest absolute Gasteiger partial charge is 0.495 e. The number of ether oxygens (including phenoxy) is 1. The summed E-state index contributed by atoms with van der Waals surface area (Å²) >= 11 is 4.39. The van der Waals surface area contributed by atoms with Gasteiger partial charge in [-0.2, -0.15) is 4.98 Å². The van der Waals surface area contributed by atoms with Gasteiger partial charge in [0, 0.05) is 10.2 Å². The minimum atomic E-state index is -2.43. The molecule has 1 aromatic heterocycles. The molecule has 150 valence electrons. The third-order valence-corrected chi connectivity index (χ3v) is 5.99. The summed E-state index contributed by atoms with van der Waals surface area (Å²) in [6.07, 6.45) is 1.32. The Balaban J connectivity index is 1.93. The summed E-state index contributed by atoms with van der Waals surface area (Å²) < 4.78 is 17.7. The van der Waals surface area contributed by atoms with Crippen LogP contribution in [0.25, 0.3) is 0 Å². The van der Waals surface area contributed by atoms with Gasteiger partial charge in [0.15, 0.2) is 11.5 Å². The average molecular weight is 429 g/mol. The number of thiol groups is 1. The van der Waals surface area contributed by atoms with Crippen LogP contribution in [-0.2, 0) is 4.57 Å². The van der Waals surface area contributed by atoms with Crippen molar-refractivity contribution < 1.29 is 9.30 Å². The van der Waals surface area contributed by atoms with Crippen molar-refractivity contribution >= 4 is 53.9 Å². The van der Waals surface area contributed by atoms with Gasteiger partial charge in [0.1, 0.15) is 12.9 Å². The Morgan fingerprint density at radius 3 is 2.52 bits per heavy atom. The molecule has 0 aliphatic carbocycles. The molecule has 0 aliphatic rings. The van der Waals surface area contributed by atoms with E-state index in [0.29, 0.717) is 27.3 Å². The first-order valence-electron chi connectivity index (χ1n) is 8.58. The lowest BCUT2D eigenvalue weighted by molar-refractivity contribution is 0.417. The Morgan fingerprint density at radius 1 is 1.10 bits per heavy atom. The van der Waals surface area contributed by atoms with Crippen molar-refractivity contribution in [3.8, 4) is 5.75 Å². The van der Waals surface area contributed by atoms with E-state index >= 15 is 0 Å². The molecule has 0 fully saturated rings. The van der Waals surface area contributed by atoms with Crippen molar-refractivity contribution in [2.24, 2.45) is 5.18 Å². The van der Waals surface area contributed by atoms with E-state index in [2.05, 4.69) is 38.4 Å². The number of aromatic nitrogens is 2. The number of hydrogen-bond acceptors (Lipinski definition) is 9. The van der Waals surface area contributed by atoms with Gasteiger partial charge in [-0.05, 0) is 48.8 Å².